The number of aldehydes is 1. The molecule has 0 aliphatic carbocycles. The van der Waals surface area contributed by atoms with Gasteiger partial charge in [0.15, 0.2) is 6.29 Å². The van der Waals surface area contributed by atoms with Crippen LogP contribution in [-0.4, -0.2) is 36.9 Å². The Balaban J connectivity index is 2.61. The third kappa shape index (κ3) is 2.14. The number of rotatable bonds is 4. The molecule has 0 spiro atoms. The lowest BCUT2D eigenvalue weighted by Gasteiger charge is -2.01. The minimum absolute atomic E-state index is 0.254. The number of nitrogens with zero attached hydrogens (tertiary/aromatic N) is 2. The molecule has 70 valence electrons. The van der Waals surface area contributed by atoms with Gasteiger partial charge in [-0.05, 0) is 12.5 Å². The van der Waals surface area contributed by atoms with Gasteiger partial charge in [-0.3, -0.25) is 9.69 Å². The minimum atomic E-state index is 0.254. The van der Waals surface area contributed by atoms with Crippen LogP contribution in [0.1, 0.15) is 6.92 Å². The Labute approximate surface area is 77.6 Å². The third-order valence-corrected chi connectivity index (χ3v) is 2.29. The van der Waals surface area contributed by atoms with Crippen LogP contribution < -0.4 is 5.73 Å². The maximum Gasteiger partial charge on any atom is 0.160 e. The number of carbonyl (C=O) groups is 1. The zero-order valence-corrected chi connectivity index (χ0v) is 7.66. The molecule has 1 aliphatic rings. The van der Waals surface area contributed by atoms with Crippen LogP contribution in [0.2, 0.25) is 0 Å². The van der Waals surface area contributed by atoms with Crippen LogP contribution in [0.15, 0.2) is 11.1 Å². The Morgan fingerprint density at radius 3 is 3.00 bits per heavy atom. The highest BCUT2D eigenvalue weighted by molar-refractivity contribution is 5.80. The molecule has 1 saturated heterocycles. The first kappa shape index (κ1) is 9.90. The van der Waals surface area contributed by atoms with Crippen molar-refractivity contribution < 1.29 is 4.79 Å². The lowest BCUT2D eigenvalue weighted by Crippen LogP contribution is -2.15. The van der Waals surface area contributed by atoms with Crippen LogP contribution in [0.25, 0.3) is 0 Å². The van der Waals surface area contributed by atoms with Crippen molar-refractivity contribution in [3.8, 4) is 6.07 Å². The van der Waals surface area contributed by atoms with Crippen LogP contribution >= 0.6 is 0 Å². The molecule has 4 heteroatoms. The maximum absolute atomic E-state index is 10.5. The van der Waals surface area contributed by atoms with Gasteiger partial charge in [0.1, 0.15) is 6.07 Å². The van der Waals surface area contributed by atoms with Crippen molar-refractivity contribution in [1.82, 2.24) is 4.90 Å². The lowest BCUT2D eigenvalue weighted by atomic mass is 10.1. The summed E-state index contributed by atoms with van der Waals surface area (Å²) in [5.41, 5.74) is 6.50. The minimum Gasteiger partial charge on any atom is -0.329 e. The van der Waals surface area contributed by atoms with Gasteiger partial charge in [0, 0.05) is 25.7 Å². The second kappa shape index (κ2) is 4.17. The summed E-state index contributed by atoms with van der Waals surface area (Å²) in [4.78, 5) is 12.6. The normalized spacial score (nSPS) is 27.5. The number of allylic oxidation sites excluding steroid dienone is 1. The van der Waals surface area contributed by atoms with Gasteiger partial charge in [0.25, 0.3) is 0 Å². The number of hydrogen-bond acceptors (Lipinski definition) is 4. The van der Waals surface area contributed by atoms with Crippen LogP contribution in [-0.2, 0) is 4.79 Å². The van der Waals surface area contributed by atoms with Crippen molar-refractivity contribution in [3.05, 3.63) is 11.1 Å². The summed E-state index contributed by atoms with van der Waals surface area (Å²) < 4.78 is 0. The van der Waals surface area contributed by atoms with Crippen molar-refractivity contribution in [2.75, 3.05) is 19.6 Å². The van der Waals surface area contributed by atoms with E-state index in [4.69, 9.17) is 11.0 Å². The Morgan fingerprint density at radius 1 is 1.85 bits per heavy atom. The Kier molecular flexibility index (Phi) is 3.18. The molecule has 13 heavy (non-hydrogen) atoms. The molecule has 0 bridgehead atoms. The molecule has 0 aromatic heterocycles. The Hall–Kier alpha value is -1.18. The fraction of sp³-hybridized carbons (Fsp3) is 0.556. The van der Waals surface area contributed by atoms with Gasteiger partial charge in [-0.25, -0.2) is 0 Å². The summed E-state index contributed by atoms with van der Waals surface area (Å²) >= 11 is 0. The smallest absolute Gasteiger partial charge is 0.160 e. The highest BCUT2D eigenvalue weighted by Crippen LogP contribution is 2.25. The highest BCUT2D eigenvalue weighted by atomic mass is 16.1. The third-order valence-electron chi connectivity index (χ3n) is 2.29. The predicted octanol–water partition coefficient (Wildman–Crippen LogP) is -0.332. The molecule has 0 saturated carbocycles. The monoisotopic (exact) mass is 179 g/mol. The summed E-state index contributed by atoms with van der Waals surface area (Å²) in [7, 11) is 0. The fourth-order valence-electron chi connectivity index (χ4n) is 1.39. The predicted molar refractivity (Wildman–Crippen MR) is 48.8 cm³/mol. The summed E-state index contributed by atoms with van der Waals surface area (Å²) in [6, 6.07) is 2.16. The van der Waals surface area contributed by atoms with Crippen LogP contribution in [0.3, 0.4) is 0 Å². The highest BCUT2D eigenvalue weighted by Gasteiger charge is 2.35. The van der Waals surface area contributed by atoms with Crippen molar-refractivity contribution in [2.24, 2.45) is 5.73 Å². The summed E-state index contributed by atoms with van der Waals surface area (Å²) in [6.07, 6.45) is 0.619. The van der Waals surface area contributed by atoms with Crippen molar-refractivity contribution >= 4 is 6.29 Å². The first-order valence-corrected chi connectivity index (χ1v) is 4.24. The largest absolute Gasteiger partial charge is 0.329 e. The molecular weight excluding hydrogens is 166 g/mol. The van der Waals surface area contributed by atoms with E-state index in [0.29, 0.717) is 12.8 Å². The first-order valence-electron chi connectivity index (χ1n) is 4.24. The SMILES string of the molecule is C/C(=C(\C#N)C=O)C1CN1CCN. The zero-order valence-electron chi connectivity index (χ0n) is 7.66. The van der Waals surface area contributed by atoms with E-state index in [-0.39, 0.29) is 11.6 Å². The van der Waals surface area contributed by atoms with Crippen LogP contribution in [0.4, 0.5) is 0 Å². The molecule has 2 atom stereocenters. The first-order chi connectivity index (χ1) is 6.24. The van der Waals surface area contributed by atoms with E-state index in [0.717, 1.165) is 18.7 Å². The standard InChI is InChI=1S/C9H13N3O/c1-7(8(4-11)6-13)9-5-12(9)3-2-10/h6,9H,2-3,5,10H2,1H3/b8-7-. The molecule has 1 aliphatic heterocycles. The van der Waals surface area contributed by atoms with Gasteiger partial charge in [-0.15, -0.1) is 0 Å². The molecule has 0 amide bonds. The van der Waals surface area contributed by atoms with Gasteiger partial charge < -0.3 is 5.73 Å². The molecule has 1 rings (SSSR count). The quantitative estimate of drug-likeness (QED) is 0.277. The second-order valence-electron chi connectivity index (χ2n) is 3.13. The molecule has 2 N–H and O–H groups in total. The molecular formula is C9H13N3O. The Bertz CT molecular complexity index is 277. The fourth-order valence-corrected chi connectivity index (χ4v) is 1.39. The van der Waals surface area contributed by atoms with Gasteiger partial charge >= 0.3 is 0 Å². The second-order valence-corrected chi connectivity index (χ2v) is 3.13. The van der Waals surface area contributed by atoms with E-state index in [2.05, 4.69) is 4.90 Å². The van der Waals surface area contributed by atoms with E-state index in [1.807, 2.05) is 13.0 Å². The van der Waals surface area contributed by atoms with Gasteiger partial charge in [0.2, 0.25) is 0 Å². The average Bonchev–Trinajstić information content (AvgIpc) is 2.87. The van der Waals surface area contributed by atoms with E-state index in [9.17, 15) is 4.79 Å². The van der Waals surface area contributed by atoms with Gasteiger partial charge in [-0.2, -0.15) is 5.26 Å². The molecule has 0 aromatic carbocycles. The molecule has 1 fully saturated rings. The van der Waals surface area contributed by atoms with E-state index >= 15 is 0 Å². The topological polar surface area (TPSA) is 69.9 Å². The Morgan fingerprint density at radius 2 is 2.54 bits per heavy atom. The molecule has 1 heterocycles. The maximum atomic E-state index is 10.5. The van der Waals surface area contributed by atoms with Gasteiger partial charge in [0.05, 0.1) is 5.57 Å². The molecule has 0 aromatic rings. The van der Waals surface area contributed by atoms with Gasteiger partial charge in [-0.1, -0.05) is 0 Å². The molecule has 2 unspecified atom stereocenters. The van der Waals surface area contributed by atoms with E-state index in [1.54, 1.807) is 0 Å². The zero-order chi connectivity index (χ0) is 9.84. The number of nitriles is 1. The summed E-state index contributed by atoms with van der Waals surface area (Å²) in [5, 5.41) is 8.61. The molecule has 0 radical (unpaired) electrons. The summed E-state index contributed by atoms with van der Waals surface area (Å²) in [5.74, 6) is 0. The van der Waals surface area contributed by atoms with Crippen LogP contribution in [0.5, 0.6) is 0 Å². The molecule has 4 nitrogen and oxygen atoms in total. The van der Waals surface area contributed by atoms with Crippen molar-refractivity contribution in [2.45, 2.75) is 13.0 Å². The summed E-state index contributed by atoms with van der Waals surface area (Å²) in [6.45, 7) is 4.20. The van der Waals surface area contributed by atoms with Crippen molar-refractivity contribution in [3.63, 3.8) is 0 Å². The van der Waals surface area contributed by atoms with Crippen molar-refractivity contribution in [1.29, 1.82) is 5.26 Å². The van der Waals surface area contributed by atoms with E-state index in [1.165, 1.54) is 0 Å². The van der Waals surface area contributed by atoms with Crippen LogP contribution in [0, 0.1) is 11.3 Å². The average molecular weight is 179 g/mol. The number of carbonyl (C=O) groups excluding carboxylic acids is 1. The number of hydrogen-bond donors (Lipinski definition) is 1. The lowest BCUT2D eigenvalue weighted by molar-refractivity contribution is -0.104. The van der Waals surface area contributed by atoms with E-state index < -0.39 is 0 Å². The number of nitrogens with two attached hydrogens (primary N) is 1.